The number of carbonyl (C=O) groups excluding carboxylic acids is 1. The second-order valence-electron chi connectivity index (χ2n) is 4.83. The monoisotopic (exact) mass is 318 g/mol. The number of carbonyl (C=O) groups is 1. The topological polar surface area (TPSA) is 35.5 Å². The van der Waals surface area contributed by atoms with Crippen LogP contribution in [-0.4, -0.2) is 5.97 Å². The molecular weight excluding hydrogens is 300 g/mol. The van der Waals surface area contributed by atoms with Gasteiger partial charge in [0.05, 0.1) is 0 Å². The Kier molecular flexibility index (Phi) is 5.84. The molecule has 0 fully saturated rings. The van der Waals surface area contributed by atoms with E-state index in [-0.39, 0.29) is 5.97 Å². The molecule has 0 saturated heterocycles. The van der Waals surface area contributed by atoms with E-state index in [2.05, 4.69) is 6.92 Å². The first kappa shape index (κ1) is 16.4. The maximum absolute atomic E-state index is 11.4. The number of benzene rings is 2. The molecule has 0 saturated carbocycles. The normalized spacial score (nSPS) is 10.3. The summed E-state index contributed by atoms with van der Waals surface area (Å²) in [5.74, 6) is 0.965. The molecule has 0 spiro atoms. The minimum absolute atomic E-state index is 0.261. The SMILES string of the molecule is CCC(=O)Oc1ccccc1COc1ccc(CC)c(Cl)c1. The summed E-state index contributed by atoms with van der Waals surface area (Å²) in [4.78, 5) is 11.4. The number of rotatable bonds is 6. The number of ether oxygens (including phenoxy) is 2. The second-order valence-corrected chi connectivity index (χ2v) is 5.24. The van der Waals surface area contributed by atoms with Crippen LogP contribution in [0, 0.1) is 0 Å². The zero-order valence-electron chi connectivity index (χ0n) is 12.8. The van der Waals surface area contributed by atoms with E-state index in [1.807, 2.05) is 30.3 Å². The summed E-state index contributed by atoms with van der Waals surface area (Å²) < 4.78 is 11.1. The van der Waals surface area contributed by atoms with Crippen LogP contribution in [0.5, 0.6) is 11.5 Å². The zero-order chi connectivity index (χ0) is 15.9. The van der Waals surface area contributed by atoms with Crippen LogP contribution in [0.3, 0.4) is 0 Å². The summed E-state index contributed by atoms with van der Waals surface area (Å²) in [5, 5.41) is 0.700. The molecule has 2 aromatic carbocycles. The molecule has 22 heavy (non-hydrogen) atoms. The molecule has 0 aliphatic rings. The highest BCUT2D eigenvalue weighted by molar-refractivity contribution is 6.31. The van der Waals surface area contributed by atoms with Crippen LogP contribution in [-0.2, 0) is 17.8 Å². The van der Waals surface area contributed by atoms with Gasteiger partial charge < -0.3 is 9.47 Å². The Morgan fingerprint density at radius 3 is 2.55 bits per heavy atom. The van der Waals surface area contributed by atoms with Crippen molar-refractivity contribution in [1.29, 1.82) is 0 Å². The molecule has 0 radical (unpaired) electrons. The molecule has 2 rings (SSSR count). The fourth-order valence-corrected chi connectivity index (χ4v) is 2.29. The van der Waals surface area contributed by atoms with E-state index < -0.39 is 0 Å². The molecular formula is C18H19ClO3. The van der Waals surface area contributed by atoms with E-state index >= 15 is 0 Å². The van der Waals surface area contributed by atoms with Crippen molar-refractivity contribution >= 4 is 17.6 Å². The highest BCUT2D eigenvalue weighted by Gasteiger charge is 2.08. The predicted molar refractivity (Wildman–Crippen MR) is 87.5 cm³/mol. The van der Waals surface area contributed by atoms with E-state index in [0.717, 1.165) is 17.5 Å². The number of halogens is 1. The summed E-state index contributed by atoms with van der Waals surface area (Å²) in [7, 11) is 0. The quantitative estimate of drug-likeness (QED) is 0.567. The highest BCUT2D eigenvalue weighted by atomic mass is 35.5. The Morgan fingerprint density at radius 2 is 1.86 bits per heavy atom. The minimum atomic E-state index is -0.261. The fourth-order valence-electron chi connectivity index (χ4n) is 1.98. The predicted octanol–water partition coefficient (Wildman–Crippen LogP) is 4.80. The van der Waals surface area contributed by atoms with Crippen LogP contribution in [0.2, 0.25) is 5.02 Å². The van der Waals surface area contributed by atoms with Gasteiger partial charge in [-0.15, -0.1) is 0 Å². The summed E-state index contributed by atoms with van der Waals surface area (Å²) in [6.45, 7) is 4.13. The third-order valence-corrected chi connectivity index (χ3v) is 3.64. The largest absolute Gasteiger partial charge is 0.489 e. The van der Waals surface area contributed by atoms with E-state index in [0.29, 0.717) is 29.5 Å². The molecule has 0 aromatic heterocycles. The lowest BCUT2D eigenvalue weighted by Gasteiger charge is -2.12. The number of aryl methyl sites for hydroxylation is 1. The van der Waals surface area contributed by atoms with Crippen molar-refractivity contribution < 1.29 is 14.3 Å². The van der Waals surface area contributed by atoms with Crippen molar-refractivity contribution in [2.75, 3.05) is 0 Å². The average molecular weight is 319 g/mol. The molecule has 4 heteroatoms. The van der Waals surface area contributed by atoms with E-state index in [1.165, 1.54) is 0 Å². The van der Waals surface area contributed by atoms with Gasteiger partial charge in [0.1, 0.15) is 18.1 Å². The Bertz CT molecular complexity index is 653. The third-order valence-electron chi connectivity index (χ3n) is 3.28. The maximum atomic E-state index is 11.4. The third kappa shape index (κ3) is 4.25. The Morgan fingerprint density at radius 1 is 1.09 bits per heavy atom. The molecule has 2 aromatic rings. The molecule has 0 heterocycles. The molecule has 0 aliphatic carbocycles. The van der Waals surface area contributed by atoms with Crippen LogP contribution >= 0.6 is 11.6 Å². The smallest absolute Gasteiger partial charge is 0.310 e. The Hall–Kier alpha value is -2.00. The Balaban J connectivity index is 2.08. The molecule has 0 amide bonds. The van der Waals surface area contributed by atoms with Crippen LogP contribution in [0.15, 0.2) is 42.5 Å². The molecule has 0 bridgehead atoms. The van der Waals surface area contributed by atoms with E-state index in [9.17, 15) is 4.79 Å². The van der Waals surface area contributed by atoms with Gasteiger partial charge in [-0.3, -0.25) is 4.79 Å². The van der Waals surface area contributed by atoms with Crippen molar-refractivity contribution in [2.45, 2.75) is 33.3 Å². The van der Waals surface area contributed by atoms with Gasteiger partial charge in [-0.2, -0.15) is 0 Å². The first-order valence-corrected chi connectivity index (χ1v) is 7.71. The lowest BCUT2D eigenvalue weighted by Crippen LogP contribution is -2.08. The van der Waals surface area contributed by atoms with Gasteiger partial charge >= 0.3 is 5.97 Å². The van der Waals surface area contributed by atoms with Crippen molar-refractivity contribution in [3.8, 4) is 11.5 Å². The summed E-state index contributed by atoms with van der Waals surface area (Å²) in [6.07, 6.45) is 1.22. The van der Waals surface area contributed by atoms with E-state index in [1.54, 1.807) is 19.1 Å². The second kappa shape index (κ2) is 7.85. The number of esters is 1. The molecule has 3 nitrogen and oxygen atoms in total. The van der Waals surface area contributed by atoms with Crippen molar-refractivity contribution in [3.63, 3.8) is 0 Å². The average Bonchev–Trinajstić information content (AvgIpc) is 2.54. The Labute approximate surface area is 135 Å². The molecule has 0 atom stereocenters. The summed E-state index contributed by atoms with van der Waals surface area (Å²) >= 11 is 6.18. The summed E-state index contributed by atoms with van der Waals surface area (Å²) in [5.41, 5.74) is 1.91. The van der Waals surface area contributed by atoms with Gasteiger partial charge in [-0.25, -0.2) is 0 Å². The molecule has 116 valence electrons. The van der Waals surface area contributed by atoms with Gasteiger partial charge in [0.15, 0.2) is 0 Å². The first-order valence-electron chi connectivity index (χ1n) is 7.33. The number of para-hydroxylation sites is 1. The fraction of sp³-hybridized carbons (Fsp3) is 0.278. The lowest BCUT2D eigenvalue weighted by atomic mass is 10.1. The van der Waals surface area contributed by atoms with Crippen LogP contribution < -0.4 is 9.47 Å². The molecule has 0 unspecified atom stereocenters. The molecule has 0 N–H and O–H groups in total. The first-order chi connectivity index (χ1) is 10.6. The summed E-state index contributed by atoms with van der Waals surface area (Å²) in [6, 6.07) is 13.0. The minimum Gasteiger partial charge on any atom is -0.489 e. The zero-order valence-corrected chi connectivity index (χ0v) is 13.5. The molecule has 0 aliphatic heterocycles. The van der Waals surface area contributed by atoms with Gasteiger partial charge in [0.25, 0.3) is 0 Å². The van der Waals surface area contributed by atoms with Crippen LogP contribution in [0.25, 0.3) is 0 Å². The van der Waals surface area contributed by atoms with Crippen molar-refractivity contribution in [3.05, 3.63) is 58.6 Å². The van der Waals surface area contributed by atoms with Crippen LogP contribution in [0.4, 0.5) is 0 Å². The standard InChI is InChI=1S/C18H19ClO3/c1-3-13-9-10-15(11-16(13)19)21-12-14-7-5-6-8-17(14)22-18(20)4-2/h5-11H,3-4,12H2,1-2H3. The highest BCUT2D eigenvalue weighted by Crippen LogP contribution is 2.25. The van der Waals surface area contributed by atoms with Crippen molar-refractivity contribution in [2.24, 2.45) is 0 Å². The lowest BCUT2D eigenvalue weighted by molar-refractivity contribution is -0.134. The van der Waals surface area contributed by atoms with Crippen LogP contribution in [0.1, 0.15) is 31.4 Å². The van der Waals surface area contributed by atoms with Gasteiger partial charge in [0, 0.05) is 17.0 Å². The van der Waals surface area contributed by atoms with Gasteiger partial charge in [0.2, 0.25) is 0 Å². The number of hydrogen-bond acceptors (Lipinski definition) is 3. The van der Waals surface area contributed by atoms with Crippen molar-refractivity contribution in [1.82, 2.24) is 0 Å². The number of hydrogen-bond donors (Lipinski definition) is 0. The van der Waals surface area contributed by atoms with Gasteiger partial charge in [-0.1, -0.05) is 49.7 Å². The maximum Gasteiger partial charge on any atom is 0.310 e. The van der Waals surface area contributed by atoms with Gasteiger partial charge in [-0.05, 0) is 30.2 Å². The van der Waals surface area contributed by atoms with E-state index in [4.69, 9.17) is 21.1 Å².